The van der Waals surface area contributed by atoms with E-state index in [9.17, 15) is 0 Å². The van der Waals surface area contributed by atoms with Gasteiger partial charge in [-0.25, -0.2) is 0 Å². The minimum atomic E-state index is 0.132. The van der Waals surface area contributed by atoms with Crippen molar-refractivity contribution in [1.82, 2.24) is 5.32 Å². The van der Waals surface area contributed by atoms with Gasteiger partial charge in [0.2, 0.25) is 0 Å². The predicted molar refractivity (Wildman–Crippen MR) is 83.1 cm³/mol. The highest BCUT2D eigenvalue weighted by Crippen LogP contribution is 2.20. The topological polar surface area (TPSA) is 21.3 Å². The molecule has 1 aromatic carbocycles. The summed E-state index contributed by atoms with van der Waals surface area (Å²) in [7, 11) is 0. The largest absolute Gasteiger partial charge is 0.489 e. The third-order valence-corrected chi connectivity index (χ3v) is 3.30. The number of hydrogen-bond acceptors (Lipinski definition) is 2. The summed E-state index contributed by atoms with van der Waals surface area (Å²) in [5.41, 5.74) is 0. The molecule has 0 bridgehead atoms. The number of benzene rings is 1. The maximum atomic E-state index is 6.01. The molecule has 0 heterocycles. The molecule has 0 aliphatic heterocycles. The average molecular weight is 284 g/mol. The SMILES string of the molecule is CCCNC(CC(C)C)C(C)Oc1cccc(Cl)c1. The van der Waals surface area contributed by atoms with E-state index in [-0.39, 0.29) is 6.10 Å². The highest BCUT2D eigenvalue weighted by atomic mass is 35.5. The van der Waals surface area contributed by atoms with Crippen molar-refractivity contribution in [2.24, 2.45) is 5.92 Å². The van der Waals surface area contributed by atoms with Crippen LogP contribution >= 0.6 is 11.6 Å². The van der Waals surface area contributed by atoms with Crippen molar-refractivity contribution in [2.75, 3.05) is 6.54 Å². The molecule has 0 fully saturated rings. The Morgan fingerprint density at radius 2 is 2.00 bits per heavy atom. The van der Waals surface area contributed by atoms with Crippen LogP contribution in [0.25, 0.3) is 0 Å². The summed E-state index contributed by atoms with van der Waals surface area (Å²) in [5.74, 6) is 1.49. The quantitative estimate of drug-likeness (QED) is 0.757. The summed E-state index contributed by atoms with van der Waals surface area (Å²) < 4.78 is 6.01. The molecule has 0 aliphatic rings. The van der Waals surface area contributed by atoms with Crippen LogP contribution in [0.5, 0.6) is 5.75 Å². The molecule has 19 heavy (non-hydrogen) atoms. The monoisotopic (exact) mass is 283 g/mol. The van der Waals surface area contributed by atoms with E-state index in [1.807, 2.05) is 24.3 Å². The average Bonchev–Trinajstić information content (AvgIpc) is 2.34. The van der Waals surface area contributed by atoms with Crippen molar-refractivity contribution in [3.05, 3.63) is 29.3 Å². The molecule has 1 N–H and O–H groups in total. The van der Waals surface area contributed by atoms with Gasteiger partial charge in [-0.1, -0.05) is 38.4 Å². The van der Waals surface area contributed by atoms with Gasteiger partial charge in [0.15, 0.2) is 0 Å². The first-order valence-corrected chi connectivity index (χ1v) is 7.56. The zero-order valence-electron chi connectivity index (χ0n) is 12.4. The van der Waals surface area contributed by atoms with E-state index in [2.05, 4.69) is 33.0 Å². The molecule has 0 saturated heterocycles. The fourth-order valence-corrected chi connectivity index (χ4v) is 2.30. The molecule has 2 atom stereocenters. The summed E-state index contributed by atoms with van der Waals surface area (Å²) >= 11 is 5.98. The van der Waals surface area contributed by atoms with Gasteiger partial charge >= 0.3 is 0 Å². The molecular formula is C16H26ClNO. The second kappa shape index (κ2) is 8.44. The molecule has 2 unspecified atom stereocenters. The van der Waals surface area contributed by atoms with Crippen molar-refractivity contribution in [1.29, 1.82) is 0 Å². The van der Waals surface area contributed by atoms with E-state index in [0.29, 0.717) is 17.0 Å². The van der Waals surface area contributed by atoms with Gasteiger partial charge in [0.25, 0.3) is 0 Å². The molecule has 1 rings (SSSR count). The zero-order chi connectivity index (χ0) is 14.3. The summed E-state index contributed by atoms with van der Waals surface area (Å²) in [4.78, 5) is 0. The summed E-state index contributed by atoms with van der Waals surface area (Å²) in [6.45, 7) is 9.82. The molecule has 3 heteroatoms. The number of ether oxygens (including phenoxy) is 1. The van der Waals surface area contributed by atoms with Crippen LogP contribution in [0.2, 0.25) is 5.02 Å². The fraction of sp³-hybridized carbons (Fsp3) is 0.625. The Labute approximate surface area is 122 Å². The first kappa shape index (κ1) is 16.3. The second-order valence-electron chi connectivity index (χ2n) is 5.47. The molecule has 1 aromatic rings. The van der Waals surface area contributed by atoms with Crippen LogP contribution < -0.4 is 10.1 Å². The Morgan fingerprint density at radius 1 is 1.26 bits per heavy atom. The molecule has 0 saturated carbocycles. The van der Waals surface area contributed by atoms with Crippen molar-refractivity contribution >= 4 is 11.6 Å². The summed E-state index contributed by atoms with van der Waals surface area (Å²) in [6.07, 6.45) is 2.38. The Hall–Kier alpha value is -0.730. The van der Waals surface area contributed by atoms with Crippen molar-refractivity contribution in [3.63, 3.8) is 0 Å². The van der Waals surface area contributed by atoms with Gasteiger partial charge in [0, 0.05) is 11.1 Å². The third kappa shape index (κ3) is 6.31. The third-order valence-electron chi connectivity index (χ3n) is 3.07. The zero-order valence-corrected chi connectivity index (χ0v) is 13.2. The first-order chi connectivity index (χ1) is 9.02. The molecule has 0 aromatic heterocycles. The first-order valence-electron chi connectivity index (χ1n) is 7.18. The van der Waals surface area contributed by atoms with Crippen LogP contribution in [-0.4, -0.2) is 18.7 Å². The van der Waals surface area contributed by atoms with Gasteiger partial charge < -0.3 is 10.1 Å². The maximum Gasteiger partial charge on any atom is 0.121 e. The minimum Gasteiger partial charge on any atom is -0.489 e. The van der Waals surface area contributed by atoms with Crippen LogP contribution in [0.15, 0.2) is 24.3 Å². The molecule has 108 valence electrons. The van der Waals surface area contributed by atoms with Crippen molar-refractivity contribution in [2.45, 2.75) is 52.7 Å². The van der Waals surface area contributed by atoms with E-state index in [1.165, 1.54) is 0 Å². The predicted octanol–water partition coefficient (Wildman–Crippen LogP) is 4.52. The lowest BCUT2D eigenvalue weighted by Gasteiger charge is -2.27. The van der Waals surface area contributed by atoms with Gasteiger partial charge in [-0.15, -0.1) is 0 Å². The number of nitrogens with one attached hydrogen (secondary N) is 1. The highest BCUT2D eigenvalue weighted by Gasteiger charge is 2.19. The number of hydrogen-bond donors (Lipinski definition) is 1. The van der Waals surface area contributed by atoms with E-state index in [4.69, 9.17) is 16.3 Å². The van der Waals surface area contributed by atoms with Crippen LogP contribution in [0.1, 0.15) is 40.5 Å². The summed E-state index contributed by atoms with van der Waals surface area (Å²) in [5, 5.41) is 4.29. The minimum absolute atomic E-state index is 0.132. The lowest BCUT2D eigenvalue weighted by atomic mass is 9.99. The Bertz CT molecular complexity index is 368. The maximum absolute atomic E-state index is 6.01. The van der Waals surface area contributed by atoms with Crippen LogP contribution in [-0.2, 0) is 0 Å². The van der Waals surface area contributed by atoms with Crippen LogP contribution in [0.3, 0.4) is 0 Å². The van der Waals surface area contributed by atoms with E-state index >= 15 is 0 Å². The van der Waals surface area contributed by atoms with Gasteiger partial charge in [-0.3, -0.25) is 0 Å². The molecule has 0 aliphatic carbocycles. The van der Waals surface area contributed by atoms with Crippen molar-refractivity contribution in [3.8, 4) is 5.75 Å². The Balaban J connectivity index is 2.61. The smallest absolute Gasteiger partial charge is 0.121 e. The Morgan fingerprint density at radius 3 is 2.58 bits per heavy atom. The molecular weight excluding hydrogens is 258 g/mol. The summed E-state index contributed by atoms with van der Waals surface area (Å²) in [6, 6.07) is 7.97. The van der Waals surface area contributed by atoms with Gasteiger partial charge in [-0.2, -0.15) is 0 Å². The highest BCUT2D eigenvalue weighted by molar-refractivity contribution is 6.30. The molecule has 0 amide bonds. The normalized spacial score (nSPS) is 14.4. The number of halogens is 1. The molecule has 2 nitrogen and oxygen atoms in total. The van der Waals surface area contributed by atoms with Gasteiger partial charge in [0.05, 0.1) is 0 Å². The van der Waals surface area contributed by atoms with Crippen molar-refractivity contribution < 1.29 is 4.74 Å². The Kier molecular flexibility index (Phi) is 7.25. The lowest BCUT2D eigenvalue weighted by molar-refractivity contribution is 0.156. The van der Waals surface area contributed by atoms with Crippen LogP contribution in [0, 0.1) is 5.92 Å². The molecule has 0 spiro atoms. The number of rotatable bonds is 8. The van der Waals surface area contributed by atoms with Gasteiger partial charge in [-0.05, 0) is 50.4 Å². The van der Waals surface area contributed by atoms with E-state index in [0.717, 1.165) is 25.1 Å². The van der Waals surface area contributed by atoms with Gasteiger partial charge in [0.1, 0.15) is 11.9 Å². The van der Waals surface area contributed by atoms with E-state index < -0.39 is 0 Å². The molecule has 0 radical (unpaired) electrons. The second-order valence-corrected chi connectivity index (χ2v) is 5.91. The van der Waals surface area contributed by atoms with Crippen LogP contribution in [0.4, 0.5) is 0 Å². The lowest BCUT2D eigenvalue weighted by Crippen LogP contribution is -2.42. The van der Waals surface area contributed by atoms with E-state index in [1.54, 1.807) is 0 Å². The standard InChI is InChI=1S/C16H26ClNO/c1-5-9-18-16(10-12(2)3)13(4)19-15-8-6-7-14(17)11-15/h6-8,11-13,16,18H,5,9-10H2,1-4H3. The fourth-order valence-electron chi connectivity index (χ4n) is 2.12.